The van der Waals surface area contributed by atoms with Crippen molar-refractivity contribution in [1.82, 2.24) is 5.32 Å². The molecule has 1 aromatic carbocycles. The lowest BCUT2D eigenvalue weighted by molar-refractivity contribution is -0.138. The van der Waals surface area contributed by atoms with Crippen LogP contribution in [0, 0.1) is 0 Å². The molecule has 0 fully saturated rings. The van der Waals surface area contributed by atoms with Gasteiger partial charge in [0.25, 0.3) is 0 Å². The molecule has 0 saturated carbocycles. The number of nitrogens with two attached hydrogens (primary N) is 1. The van der Waals surface area contributed by atoms with Crippen molar-refractivity contribution in [1.29, 1.82) is 0 Å². The van der Waals surface area contributed by atoms with Crippen molar-refractivity contribution >= 4 is 6.09 Å². The molecule has 0 heterocycles. The van der Waals surface area contributed by atoms with E-state index in [9.17, 15) is 18.0 Å². The Morgan fingerprint density at radius 2 is 1.85 bits per heavy atom. The minimum atomic E-state index is -4.31. The number of hydrogen-bond acceptors (Lipinski definition) is 3. The molecule has 20 heavy (non-hydrogen) atoms. The van der Waals surface area contributed by atoms with Gasteiger partial charge in [-0.15, -0.1) is 0 Å². The molecule has 3 N–H and O–H groups in total. The molecule has 0 aliphatic rings. The first-order chi connectivity index (χ1) is 9.18. The van der Waals surface area contributed by atoms with Crippen molar-refractivity contribution in [3.63, 3.8) is 0 Å². The second kappa shape index (κ2) is 6.60. The molecule has 1 amide bonds. The average Bonchev–Trinajstić information content (AvgIpc) is 2.34. The summed E-state index contributed by atoms with van der Waals surface area (Å²) in [6, 6.07) is 8.91. The van der Waals surface area contributed by atoms with Crippen molar-refractivity contribution in [3.8, 4) is 0 Å². The Balaban J connectivity index is 2.37. The fraction of sp³-hybridized carbons (Fsp3) is 0.462. The molecular weight excluding hydrogens is 273 g/mol. The van der Waals surface area contributed by atoms with E-state index in [1.54, 1.807) is 24.3 Å². The number of benzene rings is 1. The zero-order valence-corrected chi connectivity index (χ0v) is 11.0. The lowest BCUT2D eigenvalue weighted by Crippen LogP contribution is -2.53. The summed E-state index contributed by atoms with van der Waals surface area (Å²) >= 11 is 0. The van der Waals surface area contributed by atoms with Gasteiger partial charge in [-0.1, -0.05) is 30.3 Å². The maximum atomic E-state index is 12.1. The molecular formula is C13H17F3N2O2. The predicted octanol–water partition coefficient (Wildman–Crippen LogP) is 2.93. The largest absolute Gasteiger partial charge is 0.445 e. The van der Waals surface area contributed by atoms with Crippen molar-refractivity contribution in [2.45, 2.75) is 38.2 Å². The highest BCUT2D eigenvalue weighted by molar-refractivity contribution is 5.68. The topological polar surface area (TPSA) is 64.3 Å². The molecule has 0 aliphatic carbocycles. The number of carbonyl (C=O) groups excluding carboxylic acids is 1. The van der Waals surface area contributed by atoms with Crippen LogP contribution in [0.15, 0.2) is 30.3 Å². The van der Waals surface area contributed by atoms with Gasteiger partial charge in [0, 0.05) is 6.42 Å². The average molecular weight is 290 g/mol. The van der Waals surface area contributed by atoms with Gasteiger partial charge in [-0.3, -0.25) is 0 Å². The van der Waals surface area contributed by atoms with Crippen LogP contribution in [0.5, 0.6) is 0 Å². The van der Waals surface area contributed by atoms with E-state index >= 15 is 0 Å². The summed E-state index contributed by atoms with van der Waals surface area (Å²) in [6.07, 6.45) is -6.65. The van der Waals surface area contributed by atoms with Gasteiger partial charge in [-0.2, -0.15) is 13.2 Å². The van der Waals surface area contributed by atoms with Crippen LogP contribution in [-0.4, -0.2) is 17.9 Å². The summed E-state index contributed by atoms with van der Waals surface area (Å²) in [5.74, 6) is 0. The molecule has 4 nitrogen and oxygen atoms in total. The summed E-state index contributed by atoms with van der Waals surface area (Å²) in [4.78, 5) is 11.5. The fourth-order valence-electron chi connectivity index (χ4n) is 1.46. The van der Waals surface area contributed by atoms with E-state index in [1.165, 1.54) is 6.92 Å². The van der Waals surface area contributed by atoms with E-state index in [-0.39, 0.29) is 6.61 Å². The summed E-state index contributed by atoms with van der Waals surface area (Å²) < 4.78 is 41.2. The Morgan fingerprint density at radius 1 is 1.25 bits per heavy atom. The van der Waals surface area contributed by atoms with Crippen LogP contribution in [0.4, 0.5) is 18.0 Å². The maximum Gasteiger partial charge on any atom is 0.408 e. The molecule has 1 rings (SSSR count). The second-order valence-electron chi connectivity index (χ2n) is 4.72. The second-order valence-corrected chi connectivity index (χ2v) is 4.72. The SMILES string of the molecule is CC(N)(CCC(F)(F)F)NC(=O)OCc1ccccc1. The van der Waals surface area contributed by atoms with Crippen molar-refractivity contribution in [2.75, 3.05) is 0 Å². The lowest BCUT2D eigenvalue weighted by atomic mass is 10.1. The minimum absolute atomic E-state index is 0.0298. The summed E-state index contributed by atoms with van der Waals surface area (Å²) in [5.41, 5.74) is 4.89. The highest BCUT2D eigenvalue weighted by atomic mass is 19.4. The Bertz CT molecular complexity index is 433. The zero-order chi connectivity index (χ0) is 15.2. The highest BCUT2D eigenvalue weighted by Crippen LogP contribution is 2.24. The van der Waals surface area contributed by atoms with Gasteiger partial charge in [0.1, 0.15) is 6.61 Å². The van der Waals surface area contributed by atoms with Crippen LogP contribution in [0.3, 0.4) is 0 Å². The van der Waals surface area contributed by atoms with E-state index in [0.717, 1.165) is 5.56 Å². The number of rotatable bonds is 5. The number of ether oxygens (including phenoxy) is 1. The summed E-state index contributed by atoms with van der Waals surface area (Å²) in [7, 11) is 0. The molecule has 0 spiro atoms. The minimum Gasteiger partial charge on any atom is -0.445 e. The number of alkyl carbamates (subject to hydrolysis) is 1. The summed E-state index contributed by atoms with van der Waals surface area (Å²) in [5, 5.41) is 2.22. The monoisotopic (exact) mass is 290 g/mol. The third-order valence-corrected chi connectivity index (χ3v) is 2.53. The third kappa shape index (κ3) is 6.98. The van der Waals surface area contributed by atoms with Gasteiger partial charge >= 0.3 is 12.3 Å². The van der Waals surface area contributed by atoms with Gasteiger partial charge in [-0.25, -0.2) is 4.79 Å². The van der Waals surface area contributed by atoms with Crippen molar-refractivity contribution < 1.29 is 22.7 Å². The first-order valence-corrected chi connectivity index (χ1v) is 6.02. The van der Waals surface area contributed by atoms with Crippen molar-refractivity contribution in [3.05, 3.63) is 35.9 Å². The molecule has 112 valence electrons. The Morgan fingerprint density at radius 3 is 2.40 bits per heavy atom. The molecule has 1 aromatic rings. The molecule has 1 unspecified atom stereocenters. The number of hydrogen-bond donors (Lipinski definition) is 2. The predicted molar refractivity (Wildman–Crippen MR) is 67.6 cm³/mol. The molecule has 0 aromatic heterocycles. The first-order valence-electron chi connectivity index (χ1n) is 6.02. The van der Waals surface area contributed by atoms with Gasteiger partial charge in [0.15, 0.2) is 0 Å². The number of halogens is 3. The normalized spacial score (nSPS) is 14.4. The van der Waals surface area contributed by atoms with Gasteiger partial charge in [0.05, 0.1) is 5.66 Å². The highest BCUT2D eigenvalue weighted by Gasteiger charge is 2.32. The van der Waals surface area contributed by atoms with E-state index in [1.807, 2.05) is 6.07 Å². The lowest BCUT2D eigenvalue weighted by Gasteiger charge is -2.26. The molecule has 7 heteroatoms. The first kappa shape index (κ1) is 16.3. The van der Waals surface area contributed by atoms with E-state index < -0.39 is 30.8 Å². The van der Waals surface area contributed by atoms with E-state index in [4.69, 9.17) is 10.5 Å². The number of carbonyl (C=O) groups is 1. The third-order valence-electron chi connectivity index (χ3n) is 2.53. The Labute approximate surface area is 115 Å². The molecule has 1 atom stereocenters. The van der Waals surface area contributed by atoms with Crippen molar-refractivity contribution in [2.24, 2.45) is 5.73 Å². The molecule has 0 aliphatic heterocycles. The summed E-state index contributed by atoms with van der Waals surface area (Å²) in [6.45, 7) is 1.34. The number of amides is 1. The molecule has 0 radical (unpaired) electrons. The van der Waals surface area contributed by atoms with E-state index in [2.05, 4.69) is 5.32 Å². The number of nitrogens with one attached hydrogen (secondary N) is 1. The van der Waals surface area contributed by atoms with E-state index in [0.29, 0.717) is 0 Å². The van der Waals surface area contributed by atoms with Gasteiger partial charge in [-0.05, 0) is 18.9 Å². The zero-order valence-electron chi connectivity index (χ0n) is 11.0. The van der Waals surface area contributed by atoms with Gasteiger partial charge < -0.3 is 15.8 Å². The van der Waals surface area contributed by atoms with Gasteiger partial charge in [0.2, 0.25) is 0 Å². The molecule has 0 saturated heterocycles. The quantitative estimate of drug-likeness (QED) is 0.819. The number of alkyl halides is 3. The Kier molecular flexibility index (Phi) is 5.38. The standard InChI is InChI=1S/C13H17F3N2O2/c1-12(17,7-8-13(14,15)16)18-11(19)20-9-10-5-3-2-4-6-10/h2-6H,7-9,17H2,1H3,(H,18,19). The van der Waals surface area contributed by atoms with Crippen LogP contribution in [0.1, 0.15) is 25.3 Å². The Hall–Kier alpha value is -1.76. The smallest absolute Gasteiger partial charge is 0.408 e. The molecule has 0 bridgehead atoms. The van der Waals surface area contributed by atoms with Crippen LogP contribution >= 0.6 is 0 Å². The van der Waals surface area contributed by atoms with Crippen LogP contribution < -0.4 is 11.1 Å². The van der Waals surface area contributed by atoms with Crippen LogP contribution in [0.25, 0.3) is 0 Å². The van der Waals surface area contributed by atoms with Crippen LogP contribution in [-0.2, 0) is 11.3 Å². The maximum absolute atomic E-state index is 12.1. The van der Waals surface area contributed by atoms with Crippen LogP contribution in [0.2, 0.25) is 0 Å². The fourth-order valence-corrected chi connectivity index (χ4v) is 1.46.